The van der Waals surface area contributed by atoms with Crippen LogP contribution in [0.4, 0.5) is 4.39 Å². The van der Waals surface area contributed by atoms with E-state index in [9.17, 15) is 9.18 Å². The van der Waals surface area contributed by atoms with Crippen molar-refractivity contribution in [3.05, 3.63) is 0 Å². The number of aliphatic hydroxyl groups is 1. The van der Waals surface area contributed by atoms with Gasteiger partial charge in [-0.3, -0.25) is 10.0 Å². The zero-order chi connectivity index (χ0) is 7.02. The maximum Gasteiger partial charge on any atom is 0.283 e. The van der Waals surface area contributed by atoms with Crippen LogP contribution in [-0.4, -0.2) is 33.7 Å². The summed E-state index contributed by atoms with van der Waals surface area (Å²) in [5, 5.41) is 17.0. The largest absolute Gasteiger partial charge is 0.371 e. The molecule has 1 aliphatic heterocycles. The van der Waals surface area contributed by atoms with Crippen LogP contribution >= 0.6 is 0 Å². The first kappa shape index (κ1) is 6.44. The Kier molecular flexibility index (Phi) is 1.38. The van der Waals surface area contributed by atoms with E-state index in [2.05, 4.69) is 0 Å². The van der Waals surface area contributed by atoms with Crippen molar-refractivity contribution in [2.45, 2.75) is 18.8 Å². The topological polar surface area (TPSA) is 60.8 Å². The molecule has 1 saturated heterocycles. The molecular formula is C4H6FNO3. The number of carbonyl (C=O) groups excluding carboxylic acids is 1. The fourth-order valence-electron chi connectivity index (χ4n) is 0.676. The van der Waals surface area contributed by atoms with Crippen molar-refractivity contribution < 1.29 is 19.5 Å². The van der Waals surface area contributed by atoms with Crippen LogP contribution in [0.3, 0.4) is 0 Å². The number of amides is 1. The maximum absolute atomic E-state index is 12.1. The number of hydroxylamine groups is 2. The van der Waals surface area contributed by atoms with Gasteiger partial charge in [0.05, 0.1) is 0 Å². The second-order valence-electron chi connectivity index (χ2n) is 1.87. The number of halogens is 1. The molecule has 0 bridgehead atoms. The van der Waals surface area contributed by atoms with Crippen LogP contribution in [0.1, 0.15) is 6.42 Å². The quantitative estimate of drug-likeness (QED) is 0.430. The maximum atomic E-state index is 12.1. The molecule has 1 fully saturated rings. The summed E-state index contributed by atoms with van der Waals surface area (Å²) in [4.78, 5) is 10.3. The van der Waals surface area contributed by atoms with E-state index in [1.807, 2.05) is 0 Å². The number of nitrogens with zero attached hydrogens (tertiary/aromatic N) is 1. The van der Waals surface area contributed by atoms with Crippen molar-refractivity contribution in [3.8, 4) is 0 Å². The minimum absolute atomic E-state index is 0.00463. The second kappa shape index (κ2) is 1.93. The average molecular weight is 135 g/mol. The highest BCUT2D eigenvalue weighted by molar-refractivity contribution is 5.81. The lowest BCUT2D eigenvalue weighted by atomic mass is 10.3. The lowest BCUT2D eigenvalue weighted by Crippen LogP contribution is -2.30. The van der Waals surface area contributed by atoms with Gasteiger partial charge in [0, 0.05) is 6.42 Å². The molecular weight excluding hydrogens is 129 g/mol. The van der Waals surface area contributed by atoms with Crippen LogP contribution in [0, 0.1) is 0 Å². The van der Waals surface area contributed by atoms with Crippen LogP contribution in [0.15, 0.2) is 0 Å². The lowest BCUT2D eigenvalue weighted by molar-refractivity contribution is -0.190. The summed E-state index contributed by atoms with van der Waals surface area (Å²) in [6.45, 7) is 0. The van der Waals surface area contributed by atoms with Crippen LogP contribution in [0.5, 0.6) is 0 Å². The Morgan fingerprint density at radius 3 is 2.44 bits per heavy atom. The first-order valence-corrected chi connectivity index (χ1v) is 2.47. The van der Waals surface area contributed by atoms with Gasteiger partial charge in [0.2, 0.25) is 0 Å². The van der Waals surface area contributed by atoms with Crippen molar-refractivity contribution >= 4 is 5.91 Å². The normalized spacial score (nSPS) is 35.9. The van der Waals surface area contributed by atoms with Crippen LogP contribution in [0.2, 0.25) is 0 Å². The molecule has 0 aromatic heterocycles. The molecule has 52 valence electrons. The Morgan fingerprint density at radius 2 is 2.33 bits per heavy atom. The zero-order valence-corrected chi connectivity index (χ0v) is 4.49. The Balaban J connectivity index is 2.65. The zero-order valence-electron chi connectivity index (χ0n) is 4.49. The summed E-state index contributed by atoms with van der Waals surface area (Å²) in [6.07, 6.45) is -3.45. The Hall–Kier alpha value is -0.680. The van der Waals surface area contributed by atoms with Crippen molar-refractivity contribution in [2.75, 3.05) is 0 Å². The Morgan fingerprint density at radius 1 is 1.78 bits per heavy atom. The van der Waals surface area contributed by atoms with Crippen molar-refractivity contribution in [2.24, 2.45) is 0 Å². The first-order chi connectivity index (χ1) is 4.13. The van der Waals surface area contributed by atoms with E-state index >= 15 is 0 Å². The van der Waals surface area contributed by atoms with E-state index in [1.54, 1.807) is 0 Å². The number of alkyl halides is 1. The molecule has 0 radical (unpaired) electrons. The molecule has 9 heavy (non-hydrogen) atoms. The van der Waals surface area contributed by atoms with Gasteiger partial charge in [0.1, 0.15) is 0 Å². The van der Waals surface area contributed by atoms with Gasteiger partial charge in [0.25, 0.3) is 5.91 Å². The van der Waals surface area contributed by atoms with Gasteiger partial charge < -0.3 is 5.11 Å². The minimum Gasteiger partial charge on any atom is -0.371 e. The van der Waals surface area contributed by atoms with Gasteiger partial charge >= 0.3 is 0 Å². The van der Waals surface area contributed by atoms with Gasteiger partial charge in [-0.25, -0.2) is 4.39 Å². The van der Waals surface area contributed by atoms with Crippen molar-refractivity contribution in [1.82, 2.24) is 5.06 Å². The smallest absolute Gasteiger partial charge is 0.283 e. The van der Waals surface area contributed by atoms with E-state index in [0.717, 1.165) is 0 Å². The molecule has 0 saturated carbocycles. The van der Waals surface area contributed by atoms with E-state index in [0.29, 0.717) is 0 Å². The molecule has 0 aromatic carbocycles. The fraction of sp³-hybridized carbons (Fsp3) is 0.750. The van der Waals surface area contributed by atoms with E-state index in [4.69, 9.17) is 10.3 Å². The minimum atomic E-state index is -1.75. The van der Waals surface area contributed by atoms with Gasteiger partial charge in [-0.05, 0) is 0 Å². The molecule has 1 aliphatic rings. The number of rotatable bonds is 0. The molecule has 1 rings (SSSR count). The number of hydrogen-bond donors (Lipinski definition) is 2. The summed E-state index contributed by atoms with van der Waals surface area (Å²) in [6, 6.07) is 0. The predicted octanol–water partition coefficient (Wildman–Crippen LogP) is -0.736. The van der Waals surface area contributed by atoms with Gasteiger partial charge in [0.15, 0.2) is 12.4 Å². The van der Waals surface area contributed by atoms with Crippen LogP contribution in [0.25, 0.3) is 0 Å². The van der Waals surface area contributed by atoms with E-state index in [-0.39, 0.29) is 11.5 Å². The van der Waals surface area contributed by atoms with Gasteiger partial charge in [-0.15, -0.1) is 0 Å². The van der Waals surface area contributed by atoms with Gasteiger partial charge in [-0.2, -0.15) is 5.06 Å². The molecule has 0 aliphatic carbocycles. The SMILES string of the molecule is O=C1[C@@H](F)C[C@@H](O)N1O. The van der Waals surface area contributed by atoms with Crippen LogP contribution < -0.4 is 0 Å². The standard InChI is InChI=1S/C4H6FNO3/c5-2-1-3(7)6(9)4(2)8/h2-3,7,9H,1H2/t2-,3+/m0/s1. The Labute approximate surface area is 50.5 Å². The molecule has 1 heterocycles. The molecule has 1 amide bonds. The predicted molar refractivity (Wildman–Crippen MR) is 24.2 cm³/mol. The highest BCUT2D eigenvalue weighted by atomic mass is 19.1. The molecule has 4 nitrogen and oxygen atoms in total. The highest BCUT2D eigenvalue weighted by Gasteiger charge is 2.37. The van der Waals surface area contributed by atoms with Gasteiger partial charge in [-0.1, -0.05) is 0 Å². The summed E-state index contributed by atoms with van der Waals surface area (Å²) >= 11 is 0. The first-order valence-electron chi connectivity index (χ1n) is 2.47. The third-order valence-corrected chi connectivity index (χ3v) is 1.19. The van der Waals surface area contributed by atoms with E-state index < -0.39 is 18.3 Å². The number of carbonyl (C=O) groups is 1. The summed E-state index contributed by atoms with van der Waals surface area (Å²) in [7, 11) is 0. The van der Waals surface area contributed by atoms with Crippen molar-refractivity contribution in [1.29, 1.82) is 0 Å². The summed E-state index contributed by atoms with van der Waals surface area (Å²) in [5.41, 5.74) is 0. The summed E-state index contributed by atoms with van der Waals surface area (Å²) < 4.78 is 12.1. The molecule has 2 N–H and O–H groups in total. The average Bonchev–Trinajstić information content (AvgIpc) is 1.98. The lowest BCUT2D eigenvalue weighted by Gasteiger charge is -2.08. The number of aliphatic hydroxyl groups excluding tert-OH is 1. The fourth-order valence-corrected chi connectivity index (χ4v) is 0.676. The molecule has 0 unspecified atom stereocenters. The number of hydrogen-bond acceptors (Lipinski definition) is 3. The molecule has 0 spiro atoms. The van der Waals surface area contributed by atoms with Crippen LogP contribution in [-0.2, 0) is 4.79 Å². The Bertz CT molecular complexity index is 140. The third kappa shape index (κ3) is 0.883. The van der Waals surface area contributed by atoms with E-state index in [1.165, 1.54) is 0 Å². The highest BCUT2D eigenvalue weighted by Crippen LogP contribution is 2.16. The molecule has 0 aromatic rings. The molecule has 5 heteroatoms. The second-order valence-corrected chi connectivity index (χ2v) is 1.87. The van der Waals surface area contributed by atoms with Crippen molar-refractivity contribution in [3.63, 3.8) is 0 Å². The summed E-state index contributed by atoms with van der Waals surface area (Å²) in [5.74, 6) is -1.07. The monoisotopic (exact) mass is 135 g/mol. The third-order valence-electron chi connectivity index (χ3n) is 1.19. The molecule has 2 atom stereocenters.